The largest absolute Gasteiger partial charge is 0.394 e. The van der Waals surface area contributed by atoms with E-state index < -0.39 is 0 Å². The van der Waals surface area contributed by atoms with Crippen molar-refractivity contribution in [1.29, 1.82) is 0 Å². The highest BCUT2D eigenvalue weighted by Gasteiger charge is 2.21. The topological polar surface area (TPSA) is 50.1 Å². The van der Waals surface area contributed by atoms with Crippen molar-refractivity contribution in [3.8, 4) is 0 Å². The van der Waals surface area contributed by atoms with Crippen LogP contribution < -0.4 is 5.32 Å². The molecule has 0 amide bonds. The summed E-state index contributed by atoms with van der Waals surface area (Å²) >= 11 is 3.35. The molecule has 15 heavy (non-hydrogen) atoms. The Kier molecular flexibility index (Phi) is 4.76. The molecular weight excluding hydrogens is 258 g/mol. The molecule has 1 aromatic rings. The van der Waals surface area contributed by atoms with Crippen LogP contribution in [0.3, 0.4) is 0 Å². The molecule has 0 saturated heterocycles. The maximum atomic E-state index is 9.30. The second-order valence-electron chi connectivity index (χ2n) is 3.92. The lowest BCUT2D eigenvalue weighted by Crippen LogP contribution is -2.46. The average molecular weight is 276 g/mol. The van der Waals surface area contributed by atoms with Gasteiger partial charge in [-0.1, -0.05) is 6.92 Å². The summed E-state index contributed by atoms with van der Waals surface area (Å²) in [5.74, 6) is 0. The van der Waals surface area contributed by atoms with Crippen molar-refractivity contribution in [1.82, 2.24) is 15.1 Å². The molecule has 0 aromatic carbocycles. The third-order valence-corrected chi connectivity index (χ3v) is 2.86. The maximum Gasteiger partial charge on any atom is 0.0632 e. The fraction of sp³-hybridized carbons (Fsp3) is 0.700. The van der Waals surface area contributed by atoms with E-state index in [-0.39, 0.29) is 12.1 Å². The normalized spacial score (nSPS) is 15.2. The van der Waals surface area contributed by atoms with Crippen LogP contribution >= 0.6 is 15.9 Å². The number of likely N-dealkylation sites (N-methyl/N-ethyl adjacent to an activating group) is 1. The maximum absolute atomic E-state index is 9.30. The number of aryl methyl sites for hydroxylation is 1. The number of rotatable bonds is 6. The van der Waals surface area contributed by atoms with Gasteiger partial charge in [-0.05, 0) is 35.8 Å². The van der Waals surface area contributed by atoms with Gasteiger partial charge in [-0.3, -0.25) is 4.68 Å². The molecule has 1 aromatic heterocycles. The summed E-state index contributed by atoms with van der Waals surface area (Å²) in [5.41, 5.74) is -0.215. The van der Waals surface area contributed by atoms with Crippen LogP contribution in [0.1, 0.15) is 20.3 Å². The van der Waals surface area contributed by atoms with E-state index in [1.807, 2.05) is 24.7 Å². The number of aromatic nitrogens is 2. The molecule has 86 valence electrons. The number of hydrogen-bond acceptors (Lipinski definition) is 3. The van der Waals surface area contributed by atoms with E-state index in [4.69, 9.17) is 0 Å². The van der Waals surface area contributed by atoms with Gasteiger partial charge in [0, 0.05) is 18.3 Å². The zero-order chi connectivity index (χ0) is 11.3. The van der Waals surface area contributed by atoms with Crippen LogP contribution in [0.4, 0.5) is 0 Å². The summed E-state index contributed by atoms with van der Waals surface area (Å²) in [5, 5.41) is 16.8. The minimum atomic E-state index is -0.215. The van der Waals surface area contributed by atoms with Gasteiger partial charge < -0.3 is 10.4 Å². The first kappa shape index (κ1) is 12.7. The lowest BCUT2D eigenvalue weighted by Gasteiger charge is -2.28. The predicted molar refractivity (Wildman–Crippen MR) is 63.7 cm³/mol. The van der Waals surface area contributed by atoms with Crippen LogP contribution in [0.2, 0.25) is 0 Å². The van der Waals surface area contributed by atoms with Crippen molar-refractivity contribution in [2.24, 2.45) is 0 Å². The van der Waals surface area contributed by atoms with Gasteiger partial charge in [-0.25, -0.2) is 0 Å². The predicted octanol–water partition coefficient (Wildman–Crippen LogP) is 1.40. The highest BCUT2D eigenvalue weighted by atomic mass is 79.9. The molecule has 2 N–H and O–H groups in total. The van der Waals surface area contributed by atoms with Gasteiger partial charge in [0.05, 0.1) is 17.3 Å². The lowest BCUT2D eigenvalue weighted by molar-refractivity contribution is 0.161. The van der Waals surface area contributed by atoms with E-state index in [1.54, 1.807) is 6.20 Å². The molecule has 0 aliphatic carbocycles. The second-order valence-corrected chi connectivity index (χ2v) is 4.84. The highest BCUT2D eigenvalue weighted by molar-refractivity contribution is 9.10. The summed E-state index contributed by atoms with van der Waals surface area (Å²) in [7, 11) is 0. The SMILES string of the molecule is CCNC(C)(CO)CCn1cc(Br)cn1. The highest BCUT2D eigenvalue weighted by Crippen LogP contribution is 2.12. The summed E-state index contributed by atoms with van der Waals surface area (Å²) in [6.07, 6.45) is 4.55. The number of nitrogens with one attached hydrogen (secondary N) is 1. The minimum Gasteiger partial charge on any atom is -0.394 e. The monoisotopic (exact) mass is 275 g/mol. The number of hydrogen-bond donors (Lipinski definition) is 2. The van der Waals surface area contributed by atoms with E-state index in [1.165, 1.54) is 0 Å². The molecule has 1 atom stereocenters. The fourth-order valence-electron chi connectivity index (χ4n) is 1.47. The summed E-state index contributed by atoms with van der Waals surface area (Å²) in [6.45, 7) is 5.87. The Morgan fingerprint density at radius 3 is 2.87 bits per heavy atom. The molecule has 0 saturated carbocycles. The van der Waals surface area contributed by atoms with Crippen LogP contribution in [0.5, 0.6) is 0 Å². The number of halogens is 1. The van der Waals surface area contributed by atoms with Gasteiger partial charge in [-0.2, -0.15) is 5.10 Å². The Bertz CT molecular complexity index is 303. The first-order chi connectivity index (χ1) is 7.09. The molecule has 0 bridgehead atoms. The molecule has 5 heteroatoms. The Hall–Kier alpha value is -0.390. The zero-order valence-corrected chi connectivity index (χ0v) is 10.8. The molecule has 0 aliphatic rings. The van der Waals surface area contributed by atoms with Crippen LogP contribution in [0, 0.1) is 0 Å². The van der Waals surface area contributed by atoms with Crippen molar-refractivity contribution < 1.29 is 5.11 Å². The Morgan fingerprint density at radius 1 is 1.67 bits per heavy atom. The summed E-state index contributed by atoms with van der Waals surface area (Å²) < 4.78 is 2.85. The van der Waals surface area contributed by atoms with E-state index in [9.17, 15) is 5.11 Å². The Balaban J connectivity index is 2.47. The number of aliphatic hydroxyl groups is 1. The van der Waals surface area contributed by atoms with Gasteiger partial charge in [0.25, 0.3) is 0 Å². The van der Waals surface area contributed by atoms with Crippen LogP contribution in [-0.2, 0) is 6.54 Å². The van der Waals surface area contributed by atoms with Gasteiger partial charge in [0.15, 0.2) is 0 Å². The van der Waals surface area contributed by atoms with Crippen LogP contribution in [0.15, 0.2) is 16.9 Å². The van der Waals surface area contributed by atoms with E-state index >= 15 is 0 Å². The summed E-state index contributed by atoms with van der Waals surface area (Å²) in [4.78, 5) is 0. The quantitative estimate of drug-likeness (QED) is 0.825. The third-order valence-electron chi connectivity index (χ3n) is 2.45. The smallest absolute Gasteiger partial charge is 0.0632 e. The fourth-order valence-corrected chi connectivity index (χ4v) is 1.80. The first-order valence-electron chi connectivity index (χ1n) is 5.13. The van der Waals surface area contributed by atoms with E-state index in [2.05, 4.69) is 26.3 Å². The van der Waals surface area contributed by atoms with Gasteiger partial charge in [-0.15, -0.1) is 0 Å². The van der Waals surface area contributed by atoms with Gasteiger partial charge >= 0.3 is 0 Å². The van der Waals surface area contributed by atoms with Crippen molar-refractivity contribution in [3.63, 3.8) is 0 Å². The van der Waals surface area contributed by atoms with Crippen molar-refractivity contribution in [2.45, 2.75) is 32.4 Å². The van der Waals surface area contributed by atoms with Gasteiger partial charge in [0.2, 0.25) is 0 Å². The van der Waals surface area contributed by atoms with Crippen LogP contribution in [0.25, 0.3) is 0 Å². The summed E-state index contributed by atoms with van der Waals surface area (Å²) in [6, 6.07) is 0. The molecule has 0 spiro atoms. The van der Waals surface area contributed by atoms with Crippen molar-refractivity contribution >= 4 is 15.9 Å². The zero-order valence-electron chi connectivity index (χ0n) is 9.20. The lowest BCUT2D eigenvalue weighted by atomic mass is 9.99. The molecule has 4 nitrogen and oxygen atoms in total. The van der Waals surface area contributed by atoms with Crippen molar-refractivity contribution in [3.05, 3.63) is 16.9 Å². The molecule has 0 radical (unpaired) electrons. The second kappa shape index (κ2) is 5.63. The average Bonchev–Trinajstić information content (AvgIpc) is 2.62. The molecule has 1 heterocycles. The minimum absolute atomic E-state index is 0.142. The number of aliphatic hydroxyl groups excluding tert-OH is 1. The Labute approximate surface area is 98.8 Å². The molecule has 0 aliphatic heterocycles. The van der Waals surface area contributed by atoms with Crippen molar-refractivity contribution in [2.75, 3.05) is 13.2 Å². The molecule has 0 fully saturated rings. The first-order valence-corrected chi connectivity index (χ1v) is 5.93. The Morgan fingerprint density at radius 2 is 2.40 bits per heavy atom. The molecular formula is C10H18BrN3O. The van der Waals surface area contributed by atoms with Crippen LogP contribution in [-0.4, -0.2) is 33.6 Å². The van der Waals surface area contributed by atoms with Gasteiger partial charge in [0.1, 0.15) is 0 Å². The number of nitrogens with zero attached hydrogens (tertiary/aromatic N) is 2. The van der Waals surface area contributed by atoms with E-state index in [0.29, 0.717) is 0 Å². The molecule has 1 rings (SSSR count). The molecule has 1 unspecified atom stereocenters. The third kappa shape index (κ3) is 3.93. The standard InChI is InChI=1S/C10H18BrN3O/c1-3-12-10(2,8-15)4-5-14-7-9(11)6-13-14/h6-7,12,15H,3-5,8H2,1-2H3. The van der Waals surface area contributed by atoms with E-state index in [0.717, 1.165) is 24.0 Å².